The van der Waals surface area contributed by atoms with E-state index in [1.807, 2.05) is 37.6 Å². The number of ether oxygens (including phenoxy) is 1. The van der Waals surface area contributed by atoms with Crippen LogP contribution in [0.3, 0.4) is 0 Å². The minimum absolute atomic E-state index is 0.183. The summed E-state index contributed by atoms with van der Waals surface area (Å²) in [6.45, 7) is 4.49. The topological polar surface area (TPSA) is 14.2 Å². The molecule has 0 saturated heterocycles. The number of rotatable bonds is 3. The van der Waals surface area contributed by atoms with Gasteiger partial charge in [0.2, 0.25) is 0 Å². The quantitative estimate of drug-likeness (QED) is 0.776. The van der Waals surface area contributed by atoms with Crippen LogP contribution in [0.4, 0.5) is 4.39 Å². The molecule has 0 fully saturated rings. The standard InChI is InChI=1S/C13H16FNO/c1-9(2)16-8-11-7-10-5-4-6-12(14)13(10)15(11)3/h4-7,9H,8H2,1-3H3. The molecule has 0 spiro atoms. The molecule has 0 N–H and O–H groups in total. The molecule has 1 aromatic carbocycles. The number of hydrogen-bond acceptors (Lipinski definition) is 1. The average molecular weight is 221 g/mol. The second-order valence-corrected chi connectivity index (χ2v) is 4.23. The summed E-state index contributed by atoms with van der Waals surface area (Å²) in [4.78, 5) is 0. The predicted octanol–water partition coefficient (Wildman–Crippen LogP) is 3.24. The Labute approximate surface area is 94.6 Å². The molecule has 0 saturated carbocycles. The van der Waals surface area contributed by atoms with E-state index in [0.717, 1.165) is 11.1 Å². The van der Waals surface area contributed by atoms with Crippen LogP contribution in [0.15, 0.2) is 24.3 Å². The molecule has 2 rings (SSSR count). The maximum atomic E-state index is 13.6. The molecule has 1 aromatic heterocycles. The minimum Gasteiger partial charge on any atom is -0.373 e. The summed E-state index contributed by atoms with van der Waals surface area (Å²) in [7, 11) is 1.87. The van der Waals surface area contributed by atoms with Crippen molar-refractivity contribution in [3.8, 4) is 0 Å². The second kappa shape index (κ2) is 4.26. The zero-order valence-corrected chi connectivity index (χ0v) is 9.83. The number of aryl methyl sites for hydroxylation is 1. The minimum atomic E-state index is -0.184. The summed E-state index contributed by atoms with van der Waals surface area (Å²) in [5.74, 6) is -0.184. The predicted molar refractivity (Wildman–Crippen MR) is 62.8 cm³/mol. The Hall–Kier alpha value is -1.35. The lowest BCUT2D eigenvalue weighted by Crippen LogP contribution is -2.05. The molecule has 86 valence electrons. The van der Waals surface area contributed by atoms with Gasteiger partial charge < -0.3 is 9.30 Å². The number of halogens is 1. The fourth-order valence-corrected chi connectivity index (χ4v) is 1.81. The van der Waals surface area contributed by atoms with E-state index < -0.39 is 0 Å². The van der Waals surface area contributed by atoms with Gasteiger partial charge in [-0.25, -0.2) is 4.39 Å². The van der Waals surface area contributed by atoms with Crippen LogP contribution in [0.25, 0.3) is 10.9 Å². The summed E-state index contributed by atoms with van der Waals surface area (Å²) in [6, 6.07) is 7.10. The normalized spacial score (nSPS) is 11.6. The van der Waals surface area contributed by atoms with Gasteiger partial charge in [0.15, 0.2) is 0 Å². The summed E-state index contributed by atoms with van der Waals surface area (Å²) < 4.78 is 21.0. The lowest BCUT2D eigenvalue weighted by atomic mass is 10.2. The van der Waals surface area contributed by atoms with E-state index in [0.29, 0.717) is 12.1 Å². The molecule has 0 amide bonds. The van der Waals surface area contributed by atoms with E-state index in [4.69, 9.17) is 4.74 Å². The van der Waals surface area contributed by atoms with Crippen molar-refractivity contribution >= 4 is 10.9 Å². The molecule has 0 radical (unpaired) electrons. The number of fused-ring (bicyclic) bond motifs is 1. The third-order valence-corrected chi connectivity index (χ3v) is 2.67. The van der Waals surface area contributed by atoms with E-state index in [1.165, 1.54) is 6.07 Å². The van der Waals surface area contributed by atoms with Crippen LogP contribution in [0.1, 0.15) is 19.5 Å². The van der Waals surface area contributed by atoms with Gasteiger partial charge in [0.25, 0.3) is 0 Å². The zero-order valence-electron chi connectivity index (χ0n) is 9.83. The molecular formula is C13H16FNO. The summed E-state index contributed by atoms with van der Waals surface area (Å²) in [5.41, 5.74) is 1.64. The lowest BCUT2D eigenvalue weighted by Gasteiger charge is -2.08. The largest absolute Gasteiger partial charge is 0.373 e. The average Bonchev–Trinajstić information content (AvgIpc) is 2.54. The molecule has 0 unspecified atom stereocenters. The van der Waals surface area contributed by atoms with Gasteiger partial charge in [-0.1, -0.05) is 12.1 Å². The van der Waals surface area contributed by atoms with Crippen LogP contribution < -0.4 is 0 Å². The summed E-state index contributed by atoms with van der Waals surface area (Å²) in [6.07, 6.45) is 0.183. The van der Waals surface area contributed by atoms with Gasteiger partial charge in [0.05, 0.1) is 18.2 Å². The molecule has 3 heteroatoms. The first-order valence-corrected chi connectivity index (χ1v) is 5.44. The first-order chi connectivity index (χ1) is 7.59. The van der Waals surface area contributed by atoms with Gasteiger partial charge in [-0.2, -0.15) is 0 Å². The summed E-state index contributed by atoms with van der Waals surface area (Å²) in [5, 5.41) is 0.921. The Balaban J connectivity index is 2.40. The highest BCUT2D eigenvalue weighted by molar-refractivity contribution is 5.81. The Morgan fingerprint density at radius 1 is 1.38 bits per heavy atom. The van der Waals surface area contributed by atoms with Gasteiger partial charge in [-0.3, -0.25) is 0 Å². The molecule has 0 atom stereocenters. The fourth-order valence-electron chi connectivity index (χ4n) is 1.81. The van der Waals surface area contributed by atoms with Crippen molar-refractivity contribution in [3.05, 3.63) is 35.8 Å². The van der Waals surface area contributed by atoms with Gasteiger partial charge in [-0.15, -0.1) is 0 Å². The van der Waals surface area contributed by atoms with Crippen molar-refractivity contribution in [2.24, 2.45) is 7.05 Å². The van der Waals surface area contributed by atoms with Crippen molar-refractivity contribution in [3.63, 3.8) is 0 Å². The zero-order chi connectivity index (χ0) is 11.7. The van der Waals surface area contributed by atoms with Crippen molar-refractivity contribution in [1.29, 1.82) is 0 Å². The highest BCUT2D eigenvalue weighted by Gasteiger charge is 2.09. The monoisotopic (exact) mass is 221 g/mol. The van der Waals surface area contributed by atoms with Crippen molar-refractivity contribution in [2.45, 2.75) is 26.6 Å². The molecule has 0 aliphatic carbocycles. The molecule has 0 bridgehead atoms. The van der Waals surface area contributed by atoms with Crippen molar-refractivity contribution in [1.82, 2.24) is 4.57 Å². The summed E-state index contributed by atoms with van der Waals surface area (Å²) >= 11 is 0. The maximum Gasteiger partial charge on any atom is 0.147 e. The third-order valence-electron chi connectivity index (χ3n) is 2.67. The Morgan fingerprint density at radius 3 is 2.75 bits per heavy atom. The van der Waals surface area contributed by atoms with Gasteiger partial charge in [0, 0.05) is 18.1 Å². The van der Waals surface area contributed by atoms with Gasteiger partial charge in [-0.05, 0) is 26.0 Å². The smallest absolute Gasteiger partial charge is 0.147 e. The van der Waals surface area contributed by atoms with Crippen LogP contribution in [-0.2, 0) is 18.4 Å². The molecular weight excluding hydrogens is 205 g/mol. The maximum absolute atomic E-state index is 13.6. The van der Waals surface area contributed by atoms with E-state index in [1.54, 1.807) is 6.07 Å². The number of aromatic nitrogens is 1. The fraction of sp³-hybridized carbons (Fsp3) is 0.385. The lowest BCUT2D eigenvalue weighted by molar-refractivity contribution is 0.0624. The Bertz CT molecular complexity index is 502. The first kappa shape index (κ1) is 11.1. The van der Waals surface area contributed by atoms with Crippen molar-refractivity contribution in [2.75, 3.05) is 0 Å². The van der Waals surface area contributed by atoms with E-state index in [9.17, 15) is 4.39 Å². The van der Waals surface area contributed by atoms with Gasteiger partial charge in [0.1, 0.15) is 5.82 Å². The Kier molecular flexibility index (Phi) is 2.97. The number of benzene rings is 1. The van der Waals surface area contributed by atoms with Crippen LogP contribution in [-0.4, -0.2) is 10.7 Å². The molecule has 16 heavy (non-hydrogen) atoms. The van der Waals surface area contributed by atoms with Crippen LogP contribution in [0.2, 0.25) is 0 Å². The van der Waals surface area contributed by atoms with Crippen molar-refractivity contribution < 1.29 is 9.13 Å². The van der Waals surface area contributed by atoms with E-state index >= 15 is 0 Å². The molecule has 0 aliphatic heterocycles. The molecule has 2 aromatic rings. The number of para-hydroxylation sites is 1. The number of hydrogen-bond donors (Lipinski definition) is 0. The highest BCUT2D eigenvalue weighted by atomic mass is 19.1. The van der Waals surface area contributed by atoms with Gasteiger partial charge >= 0.3 is 0 Å². The first-order valence-electron chi connectivity index (χ1n) is 5.44. The SMILES string of the molecule is CC(C)OCc1cc2cccc(F)c2n1C. The van der Waals surface area contributed by atoms with Crippen LogP contribution >= 0.6 is 0 Å². The Morgan fingerprint density at radius 2 is 2.12 bits per heavy atom. The second-order valence-electron chi connectivity index (χ2n) is 4.23. The third kappa shape index (κ3) is 1.95. The van der Waals surface area contributed by atoms with E-state index in [2.05, 4.69) is 0 Å². The van der Waals surface area contributed by atoms with Crippen LogP contribution in [0.5, 0.6) is 0 Å². The number of nitrogens with zero attached hydrogens (tertiary/aromatic N) is 1. The molecule has 1 heterocycles. The van der Waals surface area contributed by atoms with E-state index in [-0.39, 0.29) is 11.9 Å². The molecule has 0 aliphatic rings. The molecule has 2 nitrogen and oxygen atoms in total. The highest BCUT2D eigenvalue weighted by Crippen LogP contribution is 2.22. The van der Waals surface area contributed by atoms with Crippen LogP contribution in [0, 0.1) is 5.82 Å².